The van der Waals surface area contributed by atoms with Gasteiger partial charge in [-0.2, -0.15) is 0 Å². The van der Waals surface area contributed by atoms with Crippen LogP contribution in [0.3, 0.4) is 0 Å². The van der Waals surface area contributed by atoms with Gasteiger partial charge >= 0.3 is 5.97 Å². The molecule has 21 heavy (non-hydrogen) atoms. The summed E-state index contributed by atoms with van der Waals surface area (Å²) in [6, 6.07) is 0. The van der Waals surface area contributed by atoms with Crippen LogP contribution in [0.4, 0.5) is 0 Å². The zero-order valence-electron chi connectivity index (χ0n) is 14.4. The molecule has 0 aliphatic carbocycles. The highest BCUT2D eigenvalue weighted by Gasteiger charge is 2.31. The van der Waals surface area contributed by atoms with E-state index in [9.17, 15) is 9.90 Å². The van der Waals surface area contributed by atoms with Crippen LogP contribution in [0.15, 0.2) is 0 Å². The summed E-state index contributed by atoms with van der Waals surface area (Å²) in [6.45, 7) is 11.3. The summed E-state index contributed by atoms with van der Waals surface area (Å²) in [4.78, 5) is 13.6. The largest absolute Gasteiger partial charge is 0.480 e. The van der Waals surface area contributed by atoms with Crippen molar-refractivity contribution < 1.29 is 14.6 Å². The molecule has 0 aliphatic rings. The van der Waals surface area contributed by atoms with E-state index in [0.717, 1.165) is 45.5 Å². The van der Waals surface area contributed by atoms with Gasteiger partial charge in [0.05, 0.1) is 12.7 Å². The minimum Gasteiger partial charge on any atom is -0.480 e. The molecule has 1 atom stereocenters. The second kappa shape index (κ2) is 11.0. The molecular weight excluding hydrogens is 268 g/mol. The van der Waals surface area contributed by atoms with Gasteiger partial charge in [-0.15, -0.1) is 0 Å². The number of nitrogens with one attached hydrogen (secondary N) is 1. The van der Waals surface area contributed by atoms with E-state index in [4.69, 9.17) is 4.74 Å². The summed E-state index contributed by atoms with van der Waals surface area (Å²) >= 11 is 0. The van der Waals surface area contributed by atoms with Crippen molar-refractivity contribution in [3.8, 4) is 0 Å². The minimum absolute atomic E-state index is 0.277. The number of likely N-dealkylation sites (N-methyl/N-ethyl adjacent to an activating group) is 1. The molecule has 0 radical (unpaired) electrons. The fourth-order valence-corrected chi connectivity index (χ4v) is 2.09. The van der Waals surface area contributed by atoms with Gasteiger partial charge in [-0.1, -0.05) is 6.92 Å². The third-order valence-corrected chi connectivity index (χ3v) is 3.63. The fraction of sp³-hybridized carbons (Fsp3) is 0.938. The second-order valence-electron chi connectivity index (χ2n) is 6.24. The van der Waals surface area contributed by atoms with Gasteiger partial charge in [0, 0.05) is 6.54 Å². The average molecular weight is 302 g/mol. The van der Waals surface area contributed by atoms with Gasteiger partial charge in [0.15, 0.2) is 0 Å². The Hall–Kier alpha value is -0.650. The molecule has 0 bridgehead atoms. The summed E-state index contributed by atoms with van der Waals surface area (Å²) in [5.41, 5.74) is -0.796. The van der Waals surface area contributed by atoms with E-state index < -0.39 is 11.5 Å². The van der Waals surface area contributed by atoms with Crippen LogP contribution in [0, 0.1) is 0 Å². The van der Waals surface area contributed by atoms with Crippen molar-refractivity contribution in [3.63, 3.8) is 0 Å². The van der Waals surface area contributed by atoms with E-state index in [-0.39, 0.29) is 6.10 Å². The van der Waals surface area contributed by atoms with E-state index in [1.807, 2.05) is 20.8 Å². The Morgan fingerprint density at radius 3 is 2.52 bits per heavy atom. The van der Waals surface area contributed by atoms with Crippen molar-refractivity contribution in [2.24, 2.45) is 0 Å². The third-order valence-electron chi connectivity index (χ3n) is 3.63. The van der Waals surface area contributed by atoms with Crippen LogP contribution in [0.2, 0.25) is 0 Å². The molecule has 0 aromatic carbocycles. The van der Waals surface area contributed by atoms with Gasteiger partial charge in [-0.05, 0) is 66.6 Å². The van der Waals surface area contributed by atoms with Crippen LogP contribution in [0.25, 0.3) is 0 Å². The van der Waals surface area contributed by atoms with Crippen LogP contribution in [-0.2, 0) is 9.53 Å². The smallest absolute Gasteiger partial charge is 0.323 e. The van der Waals surface area contributed by atoms with E-state index in [2.05, 4.69) is 17.3 Å². The van der Waals surface area contributed by atoms with Gasteiger partial charge in [0.25, 0.3) is 0 Å². The summed E-state index contributed by atoms with van der Waals surface area (Å²) in [5.74, 6) is -0.755. The summed E-state index contributed by atoms with van der Waals surface area (Å²) < 4.78 is 5.52. The van der Waals surface area contributed by atoms with E-state index in [1.165, 1.54) is 0 Å². The van der Waals surface area contributed by atoms with Crippen LogP contribution >= 0.6 is 0 Å². The lowest BCUT2D eigenvalue weighted by Gasteiger charge is -2.26. The lowest BCUT2D eigenvalue weighted by Crippen LogP contribution is -2.49. The predicted octanol–water partition coefficient (Wildman–Crippen LogP) is 2.36. The number of carbonyl (C=O) groups is 1. The molecule has 0 saturated carbocycles. The SMILES string of the molecule is CCCNC(C)(CCCCN(C)CCOC(C)C)C(=O)O. The number of ether oxygens (including phenoxy) is 1. The molecule has 0 rings (SSSR count). The van der Waals surface area contributed by atoms with Crippen LogP contribution in [0.1, 0.15) is 53.4 Å². The van der Waals surface area contributed by atoms with E-state index in [1.54, 1.807) is 6.92 Å². The number of aliphatic carboxylic acids is 1. The maximum absolute atomic E-state index is 11.4. The monoisotopic (exact) mass is 302 g/mol. The first-order chi connectivity index (χ1) is 9.81. The number of unbranched alkanes of at least 4 members (excludes halogenated alkanes) is 1. The maximum Gasteiger partial charge on any atom is 0.323 e. The first kappa shape index (κ1) is 20.3. The normalized spacial score (nSPS) is 14.6. The number of carboxylic acid groups (broad SMARTS) is 1. The topological polar surface area (TPSA) is 61.8 Å². The summed E-state index contributed by atoms with van der Waals surface area (Å²) in [7, 11) is 2.08. The summed E-state index contributed by atoms with van der Waals surface area (Å²) in [6.07, 6.45) is 3.81. The number of hydrogen-bond donors (Lipinski definition) is 2. The minimum atomic E-state index is -0.796. The van der Waals surface area contributed by atoms with E-state index >= 15 is 0 Å². The van der Waals surface area contributed by atoms with Crippen molar-refractivity contribution in [3.05, 3.63) is 0 Å². The highest BCUT2D eigenvalue weighted by atomic mass is 16.5. The molecule has 0 aromatic heterocycles. The highest BCUT2D eigenvalue weighted by molar-refractivity contribution is 5.78. The molecule has 0 aromatic rings. The standard InChI is InChI=1S/C16H34N2O3/c1-6-10-17-16(4,15(19)20)9-7-8-11-18(5)12-13-21-14(2)3/h14,17H,6-13H2,1-5H3,(H,19,20). The Morgan fingerprint density at radius 1 is 1.33 bits per heavy atom. The van der Waals surface area contributed by atoms with Crippen molar-refractivity contribution in [2.45, 2.75) is 65.0 Å². The number of rotatable bonds is 13. The van der Waals surface area contributed by atoms with Crippen molar-refractivity contribution >= 4 is 5.97 Å². The number of nitrogens with zero attached hydrogens (tertiary/aromatic N) is 1. The zero-order chi connectivity index (χ0) is 16.3. The zero-order valence-corrected chi connectivity index (χ0v) is 14.4. The molecule has 5 nitrogen and oxygen atoms in total. The Bertz CT molecular complexity index is 285. The Morgan fingerprint density at radius 2 is 2.00 bits per heavy atom. The Balaban J connectivity index is 3.86. The summed E-state index contributed by atoms with van der Waals surface area (Å²) in [5, 5.41) is 12.5. The number of hydrogen-bond acceptors (Lipinski definition) is 4. The van der Waals surface area contributed by atoms with Crippen molar-refractivity contribution in [2.75, 3.05) is 33.3 Å². The maximum atomic E-state index is 11.4. The Labute approximate surface area is 130 Å². The average Bonchev–Trinajstić information content (AvgIpc) is 2.40. The highest BCUT2D eigenvalue weighted by Crippen LogP contribution is 2.14. The molecule has 126 valence electrons. The van der Waals surface area contributed by atoms with Crippen LogP contribution in [-0.4, -0.2) is 60.9 Å². The van der Waals surface area contributed by atoms with E-state index in [0.29, 0.717) is 6.42 Å². The third kappa shape index (κ3) is 9.82. The molecule has 0 heterocycles. The lowest BCUT2D eigenvalue weighted by atomic mass is 9.94. The molecule has 2 N–H and O–H groups in total. The first-order valence-corrected chi connectivity index (χ1v) is 8.10. The van der Waals surface area contributed by atoms with Gasteiger partial charge in [-0.3, -0.25) is 4.79 Å². The number of carboxylic acids is 1. The lowest BCUT2D eigenvalue weighted by molar-refractivity contribution is -0.144. The molecule has 0 amide bonds. The molecule has 1 unspecified atom stereocenters. The van der Waals surface area contributed by atoms with Crippen molar-refractivity contribution in [1.29, 1.82) is 0 Å². The van der Waals surface area contributed by atoms with Gasteiger partial charge < -0.3 is 20.1 Å². The first-order valence-electron chi connectivity index (χ1n) is 8.10. The second-order valence-corrected chi connectivity index (χ2v) is 6.24. The van der Waals surface area contributed by atoms with Crippen LogP contribution in [0.5, 0.6) is 0 Å². The fourth-order valence-electron chi connectivity index (χ4n) is 2.09. The van der Waals surface area contributed by atoms with Gasteiger partial charge in [0.2, 0.25) is 0 Å². The quantitative estimate of drug-likeness (QED) is 0.511. The van der Waals surface area contributed by atoms with Gasteiger partial charge in [-0.25, -0.2) is 0 Å². The van der Waals surface area contributed by atoms with Crippen LogP contribution < -0.4 is 5.32 Å². The van der Waals surface area contributed by atoms with Gasteiger partial charge in [0.1, 0.15) is 5.54 Å². The molecular formula is C16H34N2O3. The molecule has 0 saturated heterocycles. The molecule has 0 fully saturated rings. The van der Waals surface area contributed by atoms with Crippen molar-refractivity contribution in [1.82, 2.24) is 10.2 Å². The molecule has 0 spiro atoms. The predicted molar refractivity (Wildman–Crippen MR) is 86.8 cm³/mol. The molecule has 0 aliphatic heterocycles. The Kier molecular flexibility index (Phi) is 10.6. The molecule has 5 heteroatoms.